The summed E-state index contributed by atoms with van der Waals surface area (Å²) in [6.45, 7) is 9.22. The van der Waals surface area contributed by atoms with E-state index in [1.165, 1.54) is 77.7 Å². The van der Waals surface area contributed by atoms with Crippen molar-refractivity contribution in [1.29, 1.82) is 0 Å². The lowest BCUT2D eigenvalue weighted by Crippen LogP contribution is -2.33. The molecular weight excluding hydrogens is 472 g/mol. The van der Waals surface area contributed by atoms with Gasteiger partial charge in [0.15, 0.2) is 0 Å². The molecule has 7 heteroatoms. The summed E-state index contributed by atoms with van der Waals surface area (Å²) in [7, 11) is 1.45. The Morgan fingerprint density at radius 2 is 1.46 bits per heavy atom. The van der Waals surface area contributed by atoms with Crippen LogP contribution >= 0.6 is 0 Å². The molecule has 1 aliphatic rings. The van der Waals surface area contributed by atoms with E-state index in [1.807, 2.05) is 6.92 Å². The molecule has 0 aromatic carbocycles. The molecular formula is C30H58O7. The molecule has 1 fully saturated rings. The van der Waals surface area contributed by atoms with E-state index in [0.717, 1.165) is 25.9 Å². The van der Waals surface area contributed by atoms with Crippen LogP contribution in [-0.2, 0) is 23.7 Å². The highest BCUT2D eigenvalue weighted by Gasteiger charge is 2.56. The third kappa shape index (κ3) is 16.1. The molecule has 0 aromatic heterocycles. The summed E-state index contributed by atoms with van der Waals surface area (Å²) in [5, 5.41) is 19.2. The first-order chi connectivity index (χ1) is 17.7. The Bertz CT molecular complexity index is 570. The highest BCUT2D eigenvalue weighted by atomic mass is 16.7. The number of carbonyl (C=O) groups is 1. The van der Waals surface area contributed by atoms with Gasteiger partial charge in [-0.1, -0.05) is 77.6 Å². The van der Waals surface area contributed by atoms with Gasteiger partial charge in [-0.15, -0.1) is 0 Å². The molecule has 0 aromatic rings. The smallest absolute Gasteiger partial charge is 0.305 e. The minimum atomic E-state index is -0.885. The van der Waals surface area contributed by atoms with Crippen LogP contribution in [0.25, 0.3) is 0 Å². The van der Waals surface area contributed by atoms with Crippen LogP contribution in [0, 0.1) is 5.92 Å². The van der Waals surface area contributed by atoms with Gasteiger partial charge in [0, 0.05) is 13.0 Å². The maximum absolute atomic E-state index is 11.2. The van der Waals surface area contributed by atoms with Crippen molar-refractivity contribution in [1.82, 2.24) is 0 Å². The van der Waals surface area contributed by atoms with E-state index in [4.69, 9.17) is 18.9 Å². The van der Waals surface area contributed by atoms with E-state index in [-0.39, 0.29) is 30.4 Å². The number of aliphatic hydroxyl groups excluding tert-OH is 2. The van der Waals surface area contributed by atoms with Crippen LogP contribution in [0.4, 0.5) is 0 Å². The average molecular weight is 531 g/mol. The lowest BCUT2D eigenvalue weighted by molar-refractivity contribution is -0.140. The molecule has 6 unspecified atom stereocenters. The maximum Gasteiger partial charge on any atom is 0.305 e. The van der Waals surface area contributed by atoms with Gasteiger partial charge in [-0.25, -0.2) is 0 Å². The molecule has 0 aliphatic carbocycles. The molecule has 6 atom stereocenters. The second-order valence-corrected chi connectivity index (χ2v) is 11.4. The minimum Gasteiger partial charge on any atom is -0.469 e. The van der Waals surface area contributed by atoms with E-state index in [2.05, 4.69) is 13.8 Å². The van der Waals surface area contributed by atoms with Gasteiger partial charge >= 0.3 is 5.97 Å². The number of hydrogen-bond acceptors (Lipinski definition) is 7. The molecule has 0 bridgehead atoms. The third-order valence-corrected chi connectivity index (χ3v) is 7.63. The topological polar surface area (TPSA) is 97.8 Å². The lowest BCUT2D eigenvalue weighted by atomic mass is 9.94. The van der Waals surface area contributed by atoms with E-state index in [0.29, 0.717) is 18.9 Å². The van der Waals surface area contributed by atoms with Crippen LogP contribution in [-0.4, -0.2) is 73.1 Å². The Hall–Kier alpha value is -0.730. The van der Waals surface area contributed by atoms with Gasteiger partial charge in [0.2, 0.25) is 0 Å². The van der Waals surface area contributed by atoms with Crippen LogP contribution < -0.4 is 0 Å². The first kappa shape index (κ1) is 34.3. The quantitative estimate of drug-likeness (QED) is 0.0853. The molecule has 0 amide bonds. The number of methoxy groups -OCH3 is 1. The van der Waals surface area contributed by atoms with Gasteiger partial charge in [-0.3, -0.25) is 4.79 Å². The Kier molecular flexibility index (Phi) is 18.7. The molecule has 0 spiro atoms. The van der Waals surface area contributed by atoms with Crippen molar-refractivity contribution in [3.63, 3.8) is 0 Å². The van der Waals surface area contributed by atoms with Gasteiger partial charge in [0.05, 0.1) is 32.5 Å². The Morgan fingerprint density at radius 1 is 0.892 bits per heavy atom. The Labute approximate surface area is 227 Å². The fourth-order valence-electron chi connectivity index (χ4n) is 4.91. The highest BCUT2D eigenvalue weighted by Crippen LogP contribution is 2.40. The number of hydrogen-bond donors (Lipinski definition) is 2. The largest absolute Gasteiger partial charge is 0.469 e. The summed E-state index contributed by atoms with van der Waals surface area (Å²) in [5.41, 5.74) is -0.349. The lowest BCUT2D eigenvalue weighted by Gasteiger charge is -2.20. The molecule has 37 heavy (non-hydrogen) atoms. The molecule has 7 nitrogen and oxygen atoms in total. The first-order valence-corrected chi connectivity index (χ1v) is 15.0. The monoisotopic (exact) mass is 530 g/mol. The molecule has 2 N–H and O–H groups in total. The fourth-order valence-corrected chi connectivity index (χ4v) is 4.91. The third-order valence-electron chi connectivity index (χ3n) is 7.63. The average Bonchev–Trinajstić information content (AvgIpc) is 3.56. The zero-order valence-corrected chi connectivity index (χ0v) is 24.6. The van der Waals surface area contributed by atoms with E-state index in [9.17, 15) is 15.0 Å². The van der Waals surface area contributed by atoms with Crippen LogP contribution in [0.15, 0.2) is 0 Å². The summed E-state index contributed by atoms with van der Waals surface area (Å²) in [5.74, 6) is 0.460. The summed E-state index contributed by atoms with van der Waals surface area (Å²) < 4.78 is 22.5. The van der Waals surface area contributed by atoms with Gasteiger partial charge in [-0.2, -0.15) is 0 Å². The zero-order valence-electron chi connectivity index (χ0n) is 24.6. The summed E-state index contributed by atoms with van der Waals surface area (Å²) in [4.78, 5) is 11.2. The number of ether oxygens (including phenoxy) is 4. The standard InChI is InChI=1S/C30H58O7/c1-6-7-8-9-10-12-15-18-26(19-16-13-11-14-17-20-28(33)34-5)21-35-23-30(4)29(37-30)25(3)36-22-27(32)24(2)31/h24-27,29,31-32H,6-23H2,1-5H3. The maximum atomic E-state index is 11.2. The van der Waals surface area contributed by atoms with Gasteiger partial charge in [0.1, 0.15) is 17.8 Å². The predicted octanol–water partition coefficient (Wildman–Crippen LogP) is 5.97. The van der Waals surface area contributed by atoms with Crippen molar-refractivity contribution in [2.45, 2.75) is 154 Å². The Morgan fingerprint density at radius 3 is 2.03 bits per heavy atom. The van der Waals surface area contributed by atoms with Crippen LogP contribution in [0.1, 0.15) is 124 Å². The van der Waals surface area contributed by atoms with Crippen molar-refractivity contribution in [2.24, 2.45) is 5.92 Å². The van der Waals surface area contributed by atoms with Gasteiger partial charge < -0.3 is 29.2 Å². The van der Waals surface area contributed by atoms with Crippen LogP contribution in [0.5, 0.6) is 0 Å². The number of aliphatic hydroxyl groups is 2. The minimum absolute atomic E-state index is 0.0553. The second kappa shape index (κ2) is 20.2. The molecule has 0 radical (unpaired) electrons. The number of carbonyl (C=O) groups excluding carboxylic acids is 1. The summed E-state index contributed by atoms with van der Waals surface area (Å²) in [6, 6.07) is 0. The highest BCUT2D eigenvalue weighted by molar-refractivity contribution is 5.68. The number of rotatable bonds is 25. The van der Waals surface area contributed by atoms with Gasteiger partial charge in [0.25, 0.3) is 0 Å². The van der Waals surface area contributed by atoms with E-state index < -0.39 is 12.2 Å². The van der Waals surface area contributed by atoms with Crippen molar-refractivity contribution >= 4 is 5.97 Å². The van der Waals surface area contributed by atoms with E-state index in [1.54, 1.807) is 6.92 Å². The van der Waals surface area contributed by atoms with Crippen molar-refractivity contribution < 1.29 is 34.0 Å². The normalized spacial score (nSPS) is 22.4. The molecule has 0 saturated carbocycles. The fraction of sp³-hybridized carbons (Fsp3) is 0.967. The van der Waals surface area contributed by atoms with Crippen molar-refractivity contribution in [3.8, 4) is 0 Å². The van der Waals surface area contributed by atoms with E-state index >= 15 is 0 Å². The number of esters is 1. The summed E-state index contributed by atoms with van der Waals surface area (Å²) in [6.07, 6.45) is 15.8. The van der Waals surface area contributed by atoms with Crippen molar-refractivity contribution in [2.75, 3.05) is 26.9 Å². The SMILES string of the molecule is CCCCCCCCCC(CCCCCCCC(=O)OC)COCC1(C)OC1C(C)OCC(O)C(C)O. The molecule has 1 aliphatic heterocycles. The van der Waals surface area contributed by atoms with Crippen LogP contribution in [0.3, 0.4) is 0 Å². The second-order valence-electron chi connectivity index (χ2n) is 11.4. The van der Waals surface area contributed by atoms with Crippen LogP contribution in [0.2, 0.25) is 0 Å². The molecule has 220 valence electrons. The summed E-state index contributed by atoms with van der Waals surface area (Å²) >= 11 is 0. The number of unbranched alkanes of at least 4 members (excludes halogenated alkanes) is 10. The van der Waals surface area contributed by atoms with Gasteiger partial charge in [-0.05, 0) is 46.0 Å². The Balaban J connectivity index is 2.32. The zero-order chi connectivity index (χ0) is 27.5. The molecule has 1 saturated heterocycles. The predicted molar refractivity (Wildman–Crippen MR) is 148 cm³/mol. The molecule has 1 rings (SSSR count). The molecule has 1 heterocycles. The van der Waals surface area contributed by atoms with Crippen molar-refractivity contribution in [3.05, 3.63) is 0 Å². The number of epoxide rings is 1. The first-order valence-electron chi connectivity index (χ1n) is 15.0.